The van der Waals surface area contributed by atoms with E-state index in [-0.39, 0.29) is 17.9 Å². The topological polar surface area (TPSA) is 77.1 Å². The number of benzene rings is 2. The number of carbonyl (C=O) groups excluding carboxylic acids is 2. The lowest BCUT2D eigenvalue weighted by molar-refractivity contribution is -0.145. The summed E-state index contributed by atoms with van der Waals surface area (Å²) in [7, 11) is 4.46. The smallest absolute Gasteiger partial charge is 0.323 e. The number of nitrogens with zero attached hydrogens (tertiary/aromatic N) is 1. The molecular formula is C25H30N2O5. The van der Waals surface area contributed by atoms with Crippen LogP contribution < -0.4 is 14.8 Å². The Morgan fingerprint density at radius 3 is 2.50 bits per heavy atom. The molecule has 1 saturated heterocycles. The van der Waals surface area contributed by atoms with Crippen LogP contribution in [0.1, 0.15) is 29.3 Å². The minimum atomic E-state index is -0.415. The van der Waals surface area contributed by atoms with Crippen LogP contribution in [0.5, 0.6) is 11.5 Å². The number of nitrogens with one attached hydrogen (secondary N) is 1. The molecule has 1 aliphatic heterocycles. The molecule has 0 spiro atoms. The van der Waals surface area contributed by atoms with Gasteiger partial charge in [-0.15, -0.1) is 0 Å². The summed E-state index contributed by atoms with van der Waals surface area (Å²) >= 11 is 0. The van der Waals surface area contributed by atoms with Gasteiger partial charge in [0, 0.05) is 25.2 Å². The largest absolute Gasteiger partial charge is 0.497 e. The van der Waals surface area contributed by atoms with E-state index in [1.165, 1.54) is 14.2 Å². The SMILES string of the molecule is COC(=O)[C@@H]1C[C@@H](NC(=O)c2ccc(OC)cc2OC)CN1C/C(C)=C/c1ccccc1. The van der Waals surface area contributed by atoms with E-state index < -0.39 is 6.04 Å². The summed E-state index contributed by atoms with van der Waals surface area (Å²) in [4.78, 5) is 27.4. The lowest BCUT2D eigenvalue weighted by atomic mass is 10.1. The van der Waals surface area contributed by atoms with Gasteiger partial charge in [-0.05, 0) is 31.0 Å². The fraction of sp³-hybridized carbons (Fsp3) is 0.360. The summed E-state index contributed by atoms with van der Waals surface area (Å²) in [6, 6.07) is 14.5. The standard InChI is InChI=1S/C25H30N2O5/c1-17(12-18-8-6-5-7-9-18)15-27-16-19(13-22(27)25(29)32-4)26-24(28)21-11-10-20(30-2)14-23(21)31-3/h5-12,14,19,22H,13,15-16H2,1-4H3,(H,26,28)/b17-12+/t19-,22+/m1/s1. The number of hydrogen-bond donors (Lipinski definition) is 1. The maximum absolute atomic E-state index is 12.9. The monoisotopic (exact) mass is 438 g/mol. The zero-order chi connectivity index (χ0) is 23.1. The number of rotatable bonds is 8. The Balaban J connectivity index is 1.71. The van der Waals surface area contributed by atoms with Crippen LogP contribution in [0.2, 0.25) is 0 Å². The first kappa shape index (κ1) is 23.3. The molecule has 7 heteroatoms. The molecule has 2 aromatic rings. The van der Waals surface area contributed by atoms with Gasteiger partial charge >= 0.3 is 5.97 Å². The number of amides is 1. The van der Waals surface area contributed by atoms with Crippen molar-refractivity contribution in [2.24, 2.45) is 0 Å². The number of ether oxygens (including phenoxy) is 3. The third-order valence-electron chi connectivity index (χ3n) is 5.53. The predicted octanol–water partition coefficient (Wildman–Crippen LogP) is 3.15. The van der Waals surface area contributed by atoms with Crippen molar-refractivity contribution in [2.75, 3.05) is 34.4 Å². The molecule has 1 heterocycles. The Bertz CT molecular complexity index is 974. The second-order valence-corrected chi connectivity index (χ2v) is 7.84. The van der Waals surface area contributed by atoms with Crippen molar-refractivity contribution in [3.8, 4) is 11.5 Å². The molecule has 7 nitrogen and oxygen atoms in total. The highest BCUT2D eigenvalue weighted by molar-refractivity contribution is 5.97. The van der Waals surface area contributed by atoms with Gasteiger partial charge in [0.15, 0.2) is 0 Å². The molecule has 1 fully saturated rings. The number of hydrogen-bond acceptors (Lipinski definition) is 6. The van der Waals surface area contributed by atoms with Crippen LogP contribution in [0.15, 0.2) is 54.1 Å². The van der Waals surface area contributed by atoms with E-state index in [0.29, 0.717) is 36.6 Å². The first-order valence-electron chi connectivity index (χ1n) is 10.5. The highest BCUT2D eigenvalue weighted by Gasteiger charge is 2.38. The van der Waals surface area contributed by atoms with Gasteiger partial charge < -0.3 is 19.5 Å². The van der Waals surface area contributed by atoms with Crippen LogP contribution in [-0.2, 0) is 9.53 Å². The van der Waals surface area contributed by atoms with Gasteiger partial charge in [-0.25, -0.2) is 0 Å². The van der Waals surface area contributed by atoms with Gasteiger partial charge in [-0.1, -0.05) is 42.0 Å². The van der Waals surface area contributed by atoms with Crippen molar-refractivity contribution in [1.82, 2.24) is 10.2 Å². The normalized spacial score (nSPS) is 18.8. The summed E-state index contributed by atoms with van der Waals surface area (Å²) in [5.41, 5.74) is 2.64. The molecule has 2 atom stereocenters. The number of methoxy groups -OCH3 is 3. The summed E-state index contributed by atoms with van der Waals surface area (Å²) < 4.78 is 15.6. The molecule has 0 saturated carbocycles. The molecule has 0 unspecified atom stereocenters. The Morgan fingerprint density at radius 2 is 1.84 bits per heavy atom. The molecule has 1 amide bonds. The first-order chi connectivity index (χ1) is 15.4. The third-order valence-corrected chi connectivity index (χ3v) is 5.53. The van der Waals surface area contributed by atoms with E-state index in [1.54, 1.807) is 25.3 Å². The van der Waals surface area contributed by atoms with Crippen molar-refractivity contribution in [2.45, 2.75) is 25.4 Å². The van der Waals surface area contributed by atoms with Crippen LogP contribution in [0.3, 0.4) is 0 Å². The molecule has 2 aromatic carbocycles. The fourth-order valence-corrected chi connectivity index (χ4v) is 4.01. The molecule has 3 rings (SSSR count). The average Bonchev–Trinajstić information content (AvgIpc) is 3.20. The summed E-state index contributed by atoms with van der Waals surface area (Å²) in [6.07, 6.45) is 2.58. The number of likely N-dealkylation sites (tertiary alicyclic amines) is 1. The molecule has 0 aliphatic carbocycles. The lowest BCUT2D eigenvalue weighted by Gasteiger charge is -2.22. The van der Waals surface area contributed by atoms with Gasteiger partial charge in [0.1, 0.15) is 17.5 Å². The minimum Gasteiger partial charge on any atom is -0.497 e. The maximum Gasteiger partial charge on any atom is 0.323 e. The van der Waals surface area contributed by atoms with Crippen molar-refractivity contribution < 1.29 is 23.8 Å². The summed E-state index contributed by atoms with van der Waals surface area (Å²) in [6.45, 7) is 3.19. The highest BCUT2D eigenvalue weighted by Crippen LogP contribution is 2.26. The first-order valence-corrected chi connectivity index (χ1v) is 10.5. The molecule has 0 aromatic heterocycles. The van der Waals surface area contributed by atoms with E-state index in [1.807, 2.05) is 37.3 Å². The zero-order valence-corrected chi connectivity index (χ0v) is 19.0. The van der Waals surface area contributed by atoms with Crippen LogP contribution in [-0.4, -0.2) is 63.3 Å². The molecule has 1 aliphatic rings. The van der Waals surface area contributed by atoms with E-state index >= 15 is 0 Å². The van der Waals surface area contributed by atoms with Gasteiger partial charge in [-0.2, -0.15) is 0 Å². The Morgan fingerprint density at radius 1 is 1.09 bits per heavy atom. The summed E-state index contributed by atoms with van der Waals surface area (Å²) in [5, 5.41) is 3.04. The second kappa shape index (κ2) is 10.8. The van der Waals surface area contributed by atoms with Crippen LogP contribution in [0, 0.1) is 0 Å². The predicted molar refractivity (Wildman–Crippen MR) is 123 cm³/mol. The van der Waals surface area contributed by atoms with Crippen molar-refractivity contribution in [3.05, 3.63) is 65.2 Å². The van der Waals surface area contributed by atoms with Crippen molar-refractivity contribution in [3.63, 3.8) is 0 Å². The molecule has 170 valence electrons. The minimum absolute atomic E-state index is 0.192. The molecule has 1 N–H and O–H groups in total. The Labute approximate surface area is 189 Å². The Kier molecular flexibility index (Phi) is 7.89. The fourth-order valence-electron chi connectivity index (χ4n) is 4.01. The van der Waals surface area contributed by atoms with Crippen molar-refractivity contribution in [1.29, 1.82) is 0 Å². The summed E-state index contributed by atoms with van der Waals surface area (Å²) in [5.74, 6) is 0.493. The quantitative estimate of drug-likeness (QED) is 0.638. The van der Waals surface area contributed by atoms with E-state index in [4.69, 9.17) is 14.2 Å². The van der Waals surface area contributed by atoms with Crippen LogP contribution in [0.25, 0.3) is 6.08 Å². The second-order valence-electron chi connectivity index (χ2n) is 7.84. The average molecular weight is 439 g/mol. The maximum atomic E-state index is 12.9. The van der Waals surface area contributed by atoms with Gasteiger partial charge in [0.25, 0.3) is 5.91 Å². The molecular weight excluding hydrogens is 408 g/mol. The molecule has 0 bridgehead atoms. The van der Waals surface area contributed by atoms with Gasteiger partial charge in [0.05, 0.1) is 26.9 Å². The Hall–Kier alpha value is -3.32. The van der Waals surface area contributed by atoms with Crippen LogP contribution in [0.4, 0.5) is 0 Å². The highest BCUT2D eigenvalue weighted by atomic mass is 16.5. The zero-order valence-electron chi connectivity index (χ0n) is 19.0. The van der Waals surface area contributed by atoms with Gasteiger partial charge in [-0.3, -0.25) is 14.5 Å². The van der Waals surface area contributed by atoms with E-state index in [0.717, 1.165) is 11.1 Å². The third kappa shape index (κ3) is 5.68. The van der Waals surface area contributed by atoms with Crippen LogP contribution >= 0.6 is 0 Å². The lowest BCUT2D eigenvalue weighted by Crippen LogP contribution is -2.39. The number of carbonyl (C=O) groups is 2. The van der Waals surface area contributed by atoms with Gasteiger partial charge in [0.2, 0.25) is 0 Å². The van der Waals surface area contributed by atoms with E-state index in [2.05, 4.69) is 16.3 Å². The molecule has 32 heavy (non-hydrogen) atoms. The molecule has 0 radical (unpaired) electrons. The van der Waals surface area contributed by atoms with Crippen molar-refractivity contribution >= 4 is 18.0 Å². The van der Waals surface area contributed by atoms with E-state index in [9.17, 15) is 9.59 Å². The number of esters is 1.